The molecule has 0 aliphatic carbocycles. The molecule has 1 aliphatic heterocycles. The number of benzene rings is 1. The Labute approximate surface area is 88.1 Å². The van der Waals surface area contributed by atoms with Gasteiger partial charge in [0.1, 0.15) is 0 Å². The summed E-state index contributed by atoms with van der Waals surface area (Å²) in [5, 5.41) is 1.71. The Bertz CT molecular complexity index is 502. The van der Waals surface area contributed by atoms with Gasteiger partial charge in [-0.2, -0.15) is 0 Å². The van der Waals surface area contributed by atoms with Crippen LogP contribution in [0.5, 0.6) is 0 Å². The molecule has 0 bridgehead atoms. The van der Waals surface area contributed by atoms with E-state index in [1.165, 1.54) is 0 Å². The maximum Gasteiger partial charge on any atom is 0.278 e. The highest BCUT2D eigenvalue weighted by atomic mass is 35.5. The molecule has 0 fully saturated rings. The van der Waals surface area contributed by atoms with Crippen LogP contribution in [-0.2, 0) is 4.79 Å². The Hall–Kier alpha value is -1.41. The van der Waals surface area contributed by atoms with Crippen molar-refractivity contribution in [3.63, 3.8) is 0 Å². The summed E-state index contributed by atoms with van der Waals surface area (Å²) < 4.78 is 0. The van der Waals surface area contributed by atoms with E-state index in [2.05, 4.69) is 4.99 Å². The maximum absolute atomic E-state index is 11.4. The largest absolute Gasteiger partial charge is 0.278 e. The van der Waals surface area contributed by atoms with Crippen LogP contribution in [0.1, 0.15) is 6.92 Å². The van der Waals surface area contributed by atoms with E-state index in [9.17, 15) is 4.79 Å². The van der Waals surface area contributed by atoms with Gasteiger partial charge in [-0.05, 0) is 13.0 Å². The molecule has 0 saturated carbocycles. The van der Waals surface area contributed by atoms with Crippen LogP contribution < -0.4 is 10.6 Å². The predicted molar refractivity (Wildman–Crippen MR) is 57.7 cm³/mol. The number of fused-ring (bicyclic) bond motifs is 1. The Morgan fingerprint density at radius 1 is 1.29 bits per heavy atom. The van der Waals surface area contributed by atoms with Crippen LogP contribution in [0.4, 0.5) is 0 Å². The third-order valence-electron chi connectivity index (χ3n) is 1.98. The molecule has 0 saturated heterocycles. The maximum atomic E-state index is 11.4. The minimum Gasteiger partial charge on any atom is -0.267 e. The molecule has 3 heteroatoms. The van der Waals surface area contributed by atoms with Crippen molar-refractivity contribution in [3.05, 3.63) is 47.0 Å². The van der Waals surface area contributed by atoms with E-state index in [0.29, 0.717) is 5.57 Å². The van der Waals surface area contributed by atoms with E-state index >= 15 is 0 Å². The normalized spacial score (nSPS) is 13.8. The Kier molecular flexibility index (Phi) is 3.20. The van der Waals surface area contributed by atoms with Gasteiger partial charge in [0, 0.05) is 5.22 Å². The van der Waals surface area contributed by atoms with E-state index in [4.69, 9.17) is 0 Å². The summed E-state index contributed by atoms with van der Waals surface area (Å²) in [6.45, 7) is 1.89. The van der Waals surface area contributed by atoms with Crippen LogP contribution in [0.2, 0.25) is 0 Å². The van der Waals surface area contributed by atoms with Crippen LogP contribution in [0.15, 0.2) is 41.4 Å². The molecule has 2 nitrogen and oxygen atoms in total. The smallest absolute Gasteiger partial charge is 0.267 e. The highest BCUT2D eigenvalue weighted by Crippen LogP contribution is 2.01. The lowest BCUT2D eigenvalue weighted by molar-refractivity contribution is -0.112. The number of halogens is 1. The van der Waals surface area contributed by atoms with E-state index in [1.54, 1.807) is 6.08 Å². The molecule has 1 aromatic rings. The van der Waals surface area contributed by atoms with Crippen LogP contribution in [0.25, 0.3) is 5.57 Å². The number of para-hydroxylation sites is 1. The van der Waals surface area contributed by atoms with Crippen LogP contribution in [0.3, 0.4) is 0 Å². The average molecular weight is 208 g/mol. The summed E-state index contributed by atoms with van der Waals surface area (Å²) in [4.78, 5) is 15.3. The van der Waals surface area contributed by atoms with Crippen LogP contribution >= 0.6 is 12.4 Å². The van der Waals surface area contributed by atoms with Gasteiger partial charge in [-0.25, -0.2) is 4.99 Å². The first-order chi connectivity index (χ1) is 6.33. The van der Waals surface area contributed by atoms with Crippen molar-refractivity contribution in [2.45, 2.75) is 6.92 Å². The summed E-state index contributed by atoms with van der Waals surface area (Å²) in [5.74, 6) is -0.140. The second kappa shape index (κ2) is 4.20. The minimum atomic E-state index is -0.140. The van der Waals surface area contributed by atoms with Gasteiger partial charge in [-0.1, -0.05) is 30.4 Å². The summed E-state index contributed by atoms with van der Waals surface area (Å²) in [7, 11) is 0. The molecule has 0 N–H and O–H groups in total. The molecule has 14 heavy (non-hydrogen) atoms. The van der Waals surface area contributed by atoms with Crippen molar-refractivity contribution in [2.24, 2.45) is 4.99 Å². The number of rotatable bonds is 1. The standard InChI is InChI=1S/C11H9NO.ClH/c1-2-5-9-8-6-3-4-7-10(8)12-11(9)13;/h2-7H,1H3;1H. The van der Waals surface area contributed by atoms with Gasteiger partial charge in [-0.3, -0.25) is 4.79 Å². The summed E-state index contributed by atoms with van der Waals surface area (Å²) in [6.07, 6.45) is 3.66. The second-order valence-electron chi connectivity index (χ2n) is 2.85. The minimum absolute atomic E-state index is 0. The third kappa shape index (κ3) is 1.61. The molecule has 0 unspecified atom stereocenters. The zero-order valence-electron chi connectivity index (χ0n) is 7.73. The van der Waals surface area contributed by atoms with Gasteiger partial charge in [0.25, 0.3) is 5.91 Å². The van der Waals surface area contributed by atoms with E-state index in [1.807, 2.05) is 37.3 Å². The first kappa shape index (κ1) is 10.7. The van der Waals surface area contributed by atoms with Gasteiger partial charge < -0.3 is 0 Å². The first-order valence-electron chi connectivity index (χ1n) is 4.18. The zero-order chi connectivity index (χ0) is 9.26. The predicted octanol–water partition coefficient (Wildman–Crippen LogP) is 0.995. The Morgan fingerprint density at radius 2 is 2.00 bits per heavy atom. The van der Waals surface area contributed by atoms with Crippen molar-refractivity contribution in [1.82, 2.24) is 0 Å². The van der Waals surface area contributed by atoms with Gasteiger partial charge in [0.15, 0.2) is 0 Å². The van der Waals surface area contributed by atoms with Crippen LogP contribution in [0, 0.1) is 0 Å². The lowest BCUT2D eigenvalue weighted by Crippen LogP contribution is -2.21. The van der Waals surface area contributed by atoms with Crippen molar-refractivity contribution >= 4 is 23.9 Å². The van der Waals surface area contributed by atoms with E-state index in [-0.39, 0.29) is 18.3 Å². The Morgan fingerprint density at radius 3 is 2.71 bits per heavy atom. The molecule has 0 aromatic heterocycles. The number of allylic oxidation sites excluding steroid dienone is 1. The van der Waals surface area contributed by atoms with Crippen molar-refractivity contribution in [1.29, 1.82) is 0 Å². The number of hydrogen-bond acceptors (Lipinski definition) is 1. The number of amides is 1. The van der Waals surface area contributed by atoms with E-state index in [0.717, 1.165) is 10.6 Å². The SMILES string of the molecule is CC=CC1=c2ccccc2=NC1=O.Cl. The fraction of sp³-hybridized carbons (Fsp3) is 0.0909. The Balaban J connectivity index is 0.000000980. The molecular weight excluding hydrogens is 198 g/mol. The summed E-state index contributed by atoms with van der Waals surface area (Å²) >= 11 is 0. The molecule has 1 amide bonds. The van der Waals surface area contributed by atoms with Crippen molar-refractivity contribution < 1.29 is 4.79 Å². The molecule has 0 radical (unpaired) electrons. The van der Waals surface area contributed by atoms with Gasteiger partial charge in [-0.15, -0.1) is 12.4 Å². The monoisotopic (exact) mass is 207 g/mol. The molecule has 72 valence electrons. The molecule has 2 rings (SSSR count). The fourth-order valence-corrected chi connectivity index (χ4v) is 1.41. The lowest BCUT2D eigenvalue weighted by atomic mass is 10.2. The second-order valence-corrected chi connectivity index (χ2v) is 2.85. The molecule has 1 heterocycles. The fourth-order valence-electron chi connectivity index (χ4n) is 1.41. The first-order valence-corrected chi connectivity index (χ1v) is 4.18. The number of hydrogen-bond donors (Lipinski definition) is 0. The third-order valence-corrected chi connectivity index (χ3v) is 1.98. The van der Waals surface area contributed by atoms with Gasteiger partial charge in [0.05, 0.1) is 10.9 Å². The summed E-state index contributed by atoms with van der Waals surface area (Å²) in [6, 6.07) is 7.56. The average Bonchev–Trinajstić information content (AvgIpc) is 2.44. The molecule has 1 aliphatic rings. The molecule has 0 atom stereocenters. The van der Waals surface area contributed by atoms with Gasteiger partial charge >= 0.3 is 0 Å². The number of carbonyl (C=O) groups is 1. The number of nitrogens with zero attached hydrogens (tertiary/aromatic N) is 1. The molecule has 0 spiro atoms. The van der Waals surface area contributed by atoms with E-state index < -0.39 is 0 Å². The molecule has 1 aromatic carbocycles. The van der Waals surface area contributed by atoms with Crippen molar-refractivity contribution in [3.8, 4) is 0 Å². The lowest BCUT2D eigenvalue weighted by Gasteiger charge is -1.87. The quantitative estimate of drug-likeness (QED) is 0.676. The van der Waals surface area contributed by atoms with Crippen LogP contribution in [-0.4, -0.2) is 5.91 Å². The number of carbonyl (C=O) groups excluding carboxylic acids is 1. The highest BCUT2D eigenvalue weighted by molar-refractivity contribution is 6.18. The molecular formula is C11H10ClNO. The van der Waals surface area contributed by atoms with Gasteiger partial charge in [0.2, 0.25) is 0 Å². The summed E-state index contributed by atoms with van der Waals surface area (Å²) in [5.41, 5.74) is 0.693. The highest BCUT2D eigenvalue weighted by Gasteiger charge is 2.11. The topological polar surface area (TPSA) is 29.4 Å². The van der Waals surface area contributed by atoms with Crippen molar-refractivity contribution in [2.75, 3.05) is 0 Å². The zero-order valence-corrected chi connectivity index (χ0v) is 8.54.